The maximum absolute atomic E-state index is 4.95. The fourth-order valence-corrected chi connectivity index (χ4v) is 5.46. The summed E-state index contributed by atoms with van der Waals surface area (Å²) in [4.78, 5) is 39.3. The van der Waals surface area contributed by atoms with E-state index >= 15 is 0 Å². The number of nitrogens with zero attached hydrogens (tertiary/aromatic N) is 8. The molecule has 0 fully saturated rings. The van der Waals surface area contributed by atoms with Crippen molar-refractivity contribution in [1.82, 2.24) is 39.9 Å². The zero-order chi connectivity index (χ0) is 26.2. The van der Waals surface area contributed by atoms with E-state index in [1.165, 1.54) is 0 Å². The van der Waals surface area contributed by atoms with E-state index in [-0.39, 0.29) is 59.1 Å². The van der Waals surface area contributed by atoms with Crippen molar-refractivity contribution in [2.75, 3.05) is 0 Å². The van der Waals surface area contributed by atoms with Crippen LogP contribution >= 0.6 is 0 Å². The van der Waals surface area contributed by atoms with Crippen molar-refractivity contribution in [2.24, 2.45) is 0 Å². The van der Waals surface area contributed by atoms with E-state index in [9.17, 15) is 0 Å². The molecule has 0 aliphatic carbocycles. The molecule has 0 saturated heterocycles. The van der Waals surface area contributed by atoms with Gasteiger partial charge in [0.25, 0.3) is 0 Å². The maximum atomic E-state index is 4.95. The molecule has 0 saturated carbocycles. The summed E-state index contributed by atoms with van der Waals surface area (Å²) >= 11 is 0. The van der Waals surface area contributed by atoms with Crippen LogP contribution in [0.15, 0.2) is 97.1 Å². The minimum Gasteiger partial charge on any atom is -0.357 e. The summed E-state index contributed by atoms with van der Waals surface area (Å²) in [6, 6.07) is 31.8. The average Bonchev–Trinajstić information content (AvgIpc) is 3.73. The number of hydrogen-bond donors (Lipinski definition) is 0. The van der Waals surface area contributed by atoms with Crippen molar-refractivity contribution in [3.05, 3.63) is 97.1 Å². The Labute approximate surface area is 283 Å². The molecule has 7 aromatic rings. The van der Waals surface area contributed by atoms with Crippen molar-refractivity contribution in [2.45, 2.75) is 0 Å². The zero-order valence-electron chi connectivity index (χ0n) is 22.8. The molecule has 0 radical (unpaired) electrons. The molecule has 0 unspecified atom stereocenters. The van der Waals surface area contributed by atoms with Gasteiger partial charge >= 0.3 is 59.1 Å². The Balaban J connectivity index is 0.00000144. The monoisotopic (exact) mass is 558 g/mol. The van der Waals surface area contributed by atoms with Gasteiger partial charge < -0.3 is 24.9 Å². The van der Waals surface area contributed by atoms with Gasteiger partial charge in [0.1, 0.15) is 0 Å². The number of rotatable bonds is 0. The molecule has 0 N–H and O–H groups in total. The van der Waals surface area contributed by atoms with Gasteiger partial charge in [0, 0.05) is 44.8 Å². The summed E-state index contributed by atoms with van der Waals surface area (Å²) in [5.74, 6) is 2.21. The average molecular weight is 559 g/mol. The van der Waals surface area contributed by atoms with Crippen LogP contribution in [0.25, 0.3) is 89.7 Å². The largest absolute Gasteiger partial charge is 1.00 e. The van der Waals surface area contributed by atoms with Gasteiger partial charge in [-0.1, -0.05) is 97.1 Å². The van der Waals surface area contributed by atoms with Gasteiger partial charge in [-0.05, 0) is 21.5 Å². The Morgan fingerprint density at radius 1 is 0.310 bits per heavy atom. The normalized spacial score (nSPS) is 11.4. The van der Waals surface area contributed by atoms with Crippen LogP contribution in [0.4, 0.5) is 0 Å². The van der Waals surface area contributed by atoms with Gasteiger partial charge in [-0.2, -0.15) is 0 Å². The molecule has 8 nitrogen and oxygen atoms in total. The van der Waals surface area contributed by atoms with Crippen molar-refractivity contribution in [3.8, 4) is 45.6 Å². The number of fused-ring (bicyclic) bond motifs is 20. The second-order valence-electron chi connectivity index (χ2n) is 9.67. The summed E-state index contributed by atoms with van der Waals surface area (Å²) in [7, 11) is 0. The van der Waals surface area contributed by atoms with Gasteiger partial charge in [-0.3, -0.25) is 0 Å². The van der Waals surface area contributed by atoms with Crippen LogP contribution in [0.2, 0.25) is 0 Å². The van der Waals surface area contributed by atoms with Crippen molar-refractivity contribution < 1.29 is 59.1 Å². The Morgan fingerprint density at radius 2 is 0.571 bits per heavy atom. The second kappa shape index (κ2) is 10.5. The standard InChI is InChI=1S/C32H16N8.2Na/c1-2-10-18-17(9-1)25-33-26(18)38-28-21-13-5-6-14-22(21)30(35-28)40-32-24-16-8-7-15-23(24)31(36-32)39-29-20-12-4-3-11-19(20)27(34-29)37-25;;/h1-16H;;/q-2;2*+1. The zero-order valence-corrected chi connectivity index (χ0v) is 26.8. The summed E-state index contributed by atoms with van der Waals surface area (Å²) in [6.07, 6.45) is 0. The third kappa shape index (κ3) is 4.14. The second-order valence-corrected chi connectivity index (χ2v) is 9.67. The van der Waals surface area contributed by atoms with Crippen molar-refractivity contribution >= 4 is 44.1 Å². The van der Waals surface area contributed by atoms with Crippen LogP contribution in [0.5, 0.6) is 0 Å². The molecule has 0 spiro atoms. The van der Waals surface area contributed by atoms with E-state index < -0.39 is 0 Å². The summed E-state index contributed by atoms with van der Waals surface area (Å²) in [5, 5.41) is 3.57. The van der Waals surface area contributed by atoms with Gasteiger partial charge in [-0.25, -0.2) is 15.0 Å². The van der Waals surface area contributed by atoms with Gasteiger partial charge in [0.2, 0.25) is 0 Å². The quantitative estimate of drug-likeness (QED) is 0.242. The predicted octanol–water partition coefficient (Wildman–Crippen LogP) is 0.135. The third-order valence-corrected chi connectivity index (χ3v) is 7.33. The first-order valence-corrected chi connectivity index (χ1v) is 12.9. The summed E-state index contributed by atoms with van der Waals surface area (Å²) in [6.45, 7) is 0. The van der Waals surface area contributed by atoms with Crippen LogP contribution in [-0.2, 0) is 0 Å². The van der Waals surface area contributed by atoms with Crippen molar-refractivity contribution in [3.63, 3.8) is 0 Å². The predicted molar refractivity (Wildman–Crippen MR) is 154 cm³/mol. The molecule has 4 aromatic carbocycles. The fraction of sp³-hybridized carbons (Fsp3) is 0. The van der Waals surface area contributed by atoms with Gasteiger partial charge in [0.05, 0.1) is 11.6 Å². The molecular formula is C32H16N8Na2. The minimum absolute atomic E-state index is 0. The summed E-state index contributed by atoms with van der Waals surface area (Å²) < 4.78 is 0. The molecule has 9 rings (SSSR count). The molecule has 186 valence electrons. The van der Waals surface area contributed by atoms with Crippen LogP contribution in [-0.4, -0.2) is 29.9 Å². The molecule has 0 atom stereocenters. The van der Waals surface area contributed by atoms with Crippen LogP contribution < -0.4 is 69.1 Å². The molecule has 0 amide bonds. The third-order valence-electron chi connectivity index (χ3n) is 7.33. The molecule has 8 bridgehead atoms. The van der Waals surface area contributed by atoms with Gasteiger partial charge in [-0.15, -0.1) is 0 Å². The van der Waals surface area contributed by atoms with Gasteiger partial charge in [0.15, 0.2) is 11.6 Å². The molecule has 2 aliphatic rings. The molecule has 42 heavy (non-hydrogen) atoms. The molecule has 10 heteroatoms. The fourth-order valence-electron chi connectivity index (χ4n) is 5.46. The molecule has 5 heterocycles. The first-order valence-electron chi connectivity index (χ1n) is 12.9. The molecule has 3 aromatic heterocycles. The smallest absolute Gasteiger partial charge is 0.357 e. The van der Waals surface area contributed by atoms with E-state index in [1.54, 1.807) is 0 Å². The Morgan fingerprint density at radius 3 is 0.905 bits per heavy atom. The number of benzene rings is 4. The van der Waals surface area contributed by atoms with E-state index in [2.05, 4.69) is 0 Å². The van der Waals surface area contributed by atoms with E-state index in [1.807, 2.05) is 97.1 Å². The maximum Gasteiger partial charge on any atom is 1.00 e. The number of aromatic nitrogens is 8. The first kappa shape index (κ1) is 27.1. The van der Waals surface area contributed by atoms with E-state index in [4.69, 9.17) is 39.9 Å². The van der Waals surface area contributed by atoms with Crippen molar-refractivity contribution in [1.29, 1.82) is 0 Å². The van der Waals surface area contributed by atoms with Crippen LogP contribution in [0, 0.1) is 0 Å². The minimum atomic E-state index is 0. The Bertz CT molecular complexity index is 2200. The Hall–Kier alpha value is -3.76. The Kier molecular flexibility index (Phi) is 6.78. The SMILES string of the molecule is [Na+].[Na+].c1ccc2c(c1)-c1nc3nc(nc4[n-]c(nc5[n-]c(nc-2n1)c1ccccc51)c1ccccc41)-c1ccccc1-3. The molecular weight excluding hydrogens is 542 g/mol. The van der Waals surface area contributed by atoms with E-state index in [0.29, 0.717) is 45.9 Å². The van der Waals surface area contributed by atoms with E-state index in [0.717, 1.165) is 43.8 Å². The summed E-state index contributed by atoms with van der Waals surface area (Å²) in [5.41, 5.74) is 5.78. The van der Waals surface area contributed by atoms with Crippen LogP contribution in [0.1, 0.15) is 0 Å². The topological polar surface area (TPSA) is 106 Å². The van der Waals surface area contributed by atoms with Crippen LogP contribution in [0.3, 0.4) is 0 Å². The molecule has 2 aliphatic heterocycles. The first-order chi connectivity index (χ1) is 19.8. The number of hydrogen-bond acceptors (Lipinski definition) is 6.